The topological polar surface area (TPSA) is 76.6 Å². The number of piperidine rings is 1. The van der Waals surface area contributed by atoms with Crippen LogP contribution in [0.15, 0.2) is 18.2 Å². The maximum absolute atomic E-state index is 13.7. The van der Waals surface area contributed by atoms with Crippen molar-refractivity contribution in [3.8, 4) is 0 Å². The Labute approximate surface area is 202 Å². The molecule has 2 aliphatic rings. The number of imidazole rings is 1. The molecule has 0 saturated carbocycles. The minimum Gasteiger partial charge on any atom is -0.381 e. The number of nitrogens with two attached hydrogens (primary N) is 1. The molecule has 2 aromatic rings. The fourth-order valence-corrected chi connectivity index (χ4v) is 5.36. The summed E-state index contributed by atoms with van der Waals surface area (Å²) in [7, 11) is 1.68. The number of rotatable bonds is 5. The summed E-state index contributed by atoms with van der Waals surface area (Å²) in [5.74, 6) is -0.771. The van der Waals surface area contributed by atoms with E-state index in [0.717, 1.165) is 25.7 Å². The third kappa shape index (κ3) is 6.50. The molecule has 0 spiro atoms. The molecule has 2 aliphatic heterocycles. The van der Waals surface area contributed by atoms with Crippen molar-refractivity contribution in [3.05, 3.63) is 24.0 Å². The Kier molecular flexibility index (Phi) is 9.36. The summed E-state index contributed by atoms with van der Waals surface area (Å²) in [5, 5.41) is 0. The van der Waals surface area contributed by atoms with Gasteiger partial charge in [0.15, 0.2) is 11.2 Å². The van der Waals surface area contributed by atoms with Gasteiger partial charge in [-0.05, 0) is 49.8 Å². The van der Waals surface area contributed by atoms with Crippen LogP contribution in [0.1, 0.15) is 51.8 Å². The van der Waals surface area contributed by atoms with E-state index in [1.165, 1.54) is 11.0 Å². The highest BCUT2D eigenvalue weighted by Gasteiger charge is 2.38. The molecule has 1 unspecified atom stereocenters. The molecule has 0 bridgehead atoms. The Morgan fingerprint density at radius 3 is 2.38 bits per heavy atom. The third-order valence-electron chi connectivity index (χ3n) is 6.08. The van der Waals surface area contributed by atoms with E-state index in [9.17, 15) is 17.4 Å². The first-order chi connectivity index (χ1) is 16.2. The molecule has 0 amide bonds. The number of hydrogen-bond acceptors (Lipinski definition) is 4. The summed E-state index contributed by atoms with van der Waals surface area (Å²) in [6, 6.07) is 5.05. The molecule has 2 N–H and O–H groups in total. The van der Waals surface area contributed by atoms with Gasteiger partial charge in [-0.15, -0.1) is 0 Å². The van der Waals surface area contributed by atoms with Gasteiger partial charge >= 0.3 is 6.18 Å². The van der Waals surface area contributed by atoms with Crippen molar-refractivity contribution in [1.82, 2.24) is 13.9 Å². The molecule has 192 valence electrons. The van der Waals surface area contributed by atoms with Crippen LogP contribution in [0.25, 0.3) is 11.0 Å². The highest BCUT2D eigenvalue weighted by Crippen LogP contribution is 2.34. The number of fused-ring (bicyclic) bond motifs is 1. The van der Waals surface area contributed by atoms with E-state index in [2.05, 4.69) is 18.8 Å². The minimum absolute atomic E-state index is 0.118. The molecule has 34 heavy (non-hydrogen) atoms. The Hall–Kier alpha value is -1.69. The van der Waals surface area contributed by atoms with Crippen LogP contribution in [0, 0.1) is 5.92 Å². The lowest BCUT2D eigenvalue weighted by Gasteiger charge is -2.32. The Morgan fingerprint density at radius 2 is 1.79 bits per heavy atom. The van der Waals surface area contributed by atoms with Crippen molar-refractivity contribution in [2.24, 2.45) is 11.7 Å². The van der Waals surface area contributed by atoms with E-state index >= 15 is 0 Å². The summed E-state index contributed by atoms with van der Waals surface area (Å²) in [6.07, 6.45) is -0.299. The molecule has 1 aromatic carbocycles. The number of benzene rings is 1. The van der Waals surface area contributed by atoms with Gasteiger partial charge in [0.05, 0.1) is 16.7 Å². The largest absolute Gasteiger partial charge is 0.449 e. The van der Waals surface area contributed by atoms with Gasteiger partial charge in [0.1, 0.15) is 0 Å². The van der Waals surface area contributed by atoms with E-state index < -0.39 is 23.2 Å². The van der Waals surface area contributed by atoms with Crippen molar-refractivity contribution in [1.29, 1.82) is 0 Å². The lowest BCUT2D eigenvalue weighted by molar-refractivity contribution is -0.147. The number of hydrogen-bond donors (Lipinski definition) is 1. The van der Waals surface area contributed by atoms with Crippen LogP contribution in [0.4, 0.5) is 18.9 Å². The van der Waals surface area contributed by atoms with Gasteiger partial charge in [0.2, 0.25) is 5.82 Å². The van der Waals surface area contributed by atoms with Crippen LogP contribution < -0.4 is 10.0 Å². The molecule has 4 rings (SSSR count). The summed E-state index contributed by atoms with van der Waals surface area (Å²) in [6.45, 7) is 6.89. The Balaban J connectivity index is 0.00000103. The second-order valence-corrected chi connectivity index (χ2v) is 10.5. The first-order valence-electron chi connectivity index (χ1n) is 12.0. The Morgan fingerprint density at radius 1 is 1.18 bits per heavy atom. The molecular weight excluding hydrogens is 467 g/mol. The minimum atomic E-state index is -4.55. The van der Waals surface area contributed by atoms with Gasteiger partial charge in [-0.1, -0.05) is 20.3 Å². The molecule has 1 aromatic heterocycles. The number of nitrogens with zero attached hydrogens (tertiary/aromatic N) is 4. The van der Waals surface area contributed by atoms with Crippen LogP contribution in [0.2, 0.25) is 0 Å². The van der Waals surface area contributed by atoms with Crippen LogP contribution in [0.5, 0.6) is 0 Å². The number of aromatic nitrogens is 2. The zero-order valence-electron chi connectivity index (χ0n) is 20.2. The number of ether oxygens (including phenoxy) is 1. The number of alkyl halides is 3. The van der Waals surface area contributed by atoms with Crippen LogP contribution in [-0.2, 0) is 28.6 Å². The Bertz CT molecular complexity index is 954. The van der Waals surface area contributed by atoms with Gasteiger partial charge in [0.25, 0.3) is 0 Å². The zero-order valence-corrected chi connectivity index (χ0v) is 21.0. The van der Waals surface area contributed by atoms with E-state index in [1.807, 2.05) is 4.31 Å². The van der Waals surface area contributed by atoms with Gasteiger partial charge in [-0.2, -0.15) is 13.2 Å². The number of halogens is 3. The van der Waals surface area contributed by atoms with Gasteiger partial charge in [0, 0.05) is 45.9 Å². The SMILES string of the molecule is CCC.CN(c1ccc2c(c1)nc(C(F)(F)F)n2CC1CCOCC1)S(=O)N1CCC(N)CC1. The maximum Gasteiger partial charge on any atom is 0.449 e. The standard InChI is InChI=1S/C20H28F3N5O2S.C3H8/c1-26(31(29)27-8-4-15(24)5-9-27)16-2-3-18-17(12-16)25-19(20(21,22)23)28(18)13-14-6-10-30-11-7-14;1-3-2/h2-3,12,14-15H,4-11,13,24H2,1H3;3H2,1-2H3. The first-order valence-corrected chi connectivity index (χ1v) is 13.0. The lowest BCUT2D eigenvalue weighted by atomic mass is 10.0. The molecule has 1 atom stereocenters. The smallest absolute Gasteiger partial charge is 0.381 e. The first kappa shape index (κ1) is 26.9. The zero-order chi connectivity index (χ0) is 24.9. The van der Waals surface area contributed by atoms with E-state index in [0.29, 0.717) is 37.5 Å². The second-order valence-electron chi connectivity index (χ2n) is 8.97. The van der Waals surface area contributed by atoms with Crippen molar-refractivity contribution in [2.45, 2.75) is 64.7 Å². The van der Waals surface area contributed by atoms with Crippen molar-refractivity contribution in [2.75, 3.05) is 37.7 Å². The molecule has 0 radical (unpaired) electrons. The molecule has 7 nitrogen and oxygen atoms in total. The molecule has 11 heteroatoms. The lowest BCUT2D eigenvalue weighted by Crippen LogP contribution is -2.44. The average Bonchev–Trinajstić information content (AvgIpc) is 3.18. The summed E-state index contributed by atoms with van der Waals surface area (Å²) in [4.78, 5) is 3.93. The predicted molar refractivity (Wildman–Crippen MR) is 130 cm³/mol. The van der Waals surface area contributed by atoms with Crippen LogP contribution >= 0.6 is 0 Å². The predicted octanol–water partition coefficient (Wildman–Crippen LogP) is 4.34. The highest BCUT2D eigenvalue weighted by molar-refractivity contribution is 7.84. The van der Waals surface area contributed by atoms with Gasteiger partial charge in [-0.25, -0.2) is 13.5 Å². The number of anilines is 1. The van der Waals surface area contributed by atoms with Gasteiger partial charge in [-0.3, -0.25) is 4.31 Å². The quantitative estimate of drug-likeness (QED) is 0.659. The van der Waals surface area contributed by atoms with E-state index in [4.69, 9.17) is 10.5 Å². The fraction of sp³-hybridized carbons (Fsp3) is 0.696. The highest BCUT2D eigenvalue weighted by atomic mass is 32.2. The molecule has 0 aliphatic carbocycles. The molecule has 2 saturated heterocycles. The average molecular weight is 504 g/mol. The van der Waals surface area contributed by atoms with Crippen molar-refractivity contribution >= 4 is 27.9 Å². The van der Waals surface area contributed by atoms with Gasteiger partial charge < -0.3 is 15.0 Å². The van der Waals surface area contributed by atoms with E-state index in [1.54, 1.807) is 29.6 Å². The normalized spacial score (nSPS) is 19.6. The van der Waals surface area contributed by atoms with Crippen LogP contribution in [-0.4, -0.2) is 57.5 Å². The third-order valence-corrected chi connectivity index (χ3v) is 7.57. The van der Waals surface area contributed by atoms with Crippen molar-refractivity contribution < 1.29 is 22.1 Å². The summed E-state index contributed by atoms with van der Waals surface area (Å²) in [5.41, 5.74) is 7.16. The molecular formula is C23H36F3N5O2S. The monoisotopic (exact) mass is 503 g/mol. The summed E-state index contributed by atoms with van der Waals surface area (Å²) < 4.78 is 64.1. The molecule has 2 fully saturated rings. The van der Waals surface area contributed by atoms with Crippen LogP contribution in [0.3, 0.4) is 0 Å². The second kappa shape index (κ2) is 11.8. The van der Waals surface area contributed by atoms with Crippen molar-refractivity contribution in [3.63, 3.8) is 0 Å². The summed E-state index contributed by atoms with van der Waals surface area (Å²) >= 11 is -1.44. The maximum atomic E-state index is 13.7. The molecule has 3 heterocycles. The fourth-order valence-electron chi connectivity index (χ4n) is 4.20. The van der Waals surface area contributed by atoms with E-state index in [-0.39, 0.29) is 24.0 Å².